The number of hydrogen-bond acceptors (Lipinski definition) is 3. The van der Waals surface area contributed by atoms with Gasteiger partial charge in [-0.05, 0) is 80.9 Å². The van der Waals surface area contributed by atoms with Crippen molar-refractivity contribution in [3.05, 3.63) is 30.1 Å². The molecule has 7 rings (SSSR count). The van der Waals surface area contributed by atoms with Crippen LogP contribution in [0.15, 0.2) is 24.5 Å². The Kier molecular flexibility index (Phi) is 4.19. The second-order valence-electron chi connectivity index (χ2n) is 10.3. The summed E-state index contributed by atoms with van der Waals surface area (Å²) >= 11 is 0. The van der Waals surface area contributed by atoms with E-state index in [1.165, 1.54) is 19.3 Å². The van der Waals surface area contributed by atoms with Crippen LogP contribution in [0.25, 0.3) is 11.0 Å². The molecule has 2 aromatic rings. The minimum atomic E-state index is -0.0837. The van der Waals surface area contributed by atoms with Crippen molar-refractivity contribution in [2.45, 2.75) is 44.9 Å². The number of fused-ring (bicyclic) bond motifs is 1. The van der Waals surface area contributed by atoms with E-state index in [-0.39, 0.29) is 11.3 Å². The molecular formula is C24H30N4O2. The summed E-state index contributed by atoms with van der Waals surface area (Å²) in [5.41, 5.74) is 2.36. The molecule has 4 bridgehead atoms. The van der Waals surface area contributed by atoms with Crippen LogP contribution in [-0.4, -0.2) is 57.8 Å². The summed E-state index contributed by atoms with van der Waals surface area (Å²) < 4.78 is 0. The Labute approximate surface area is 177 Å². The molecule has 0 atom stereocenters. The van der Waals surface area contributed by atoms with E-state index in [1.54, 1.807) is 6.33 Å². The number of benzene rings is 1. The maximum atomic E-state index is 13.7. The van der Waals surface area contributed by atoms with Gasteiger partial charge in [-0.15, -0.1) is 0 Å². The molecule has 2 amide bonds. The van der Waals surface area contributed by atoms with E-state index in [0.29, 0.717) is 31.1 Å². The molecule has 5 aliphatic rings. The molecule has 4 aliphatic carbocycles. The van der Waals surface area contributed by atoms with Crippen molar-refractivity contribution in [1.29, 1.82) is 0 Å². The van der Waals surface area contributed by atoms with Crippen molar-refractivity contribution >= 4 is 22.8 Å². The van der Waals surface area contributed by atoms with Crippen molar-refractivity contribution in [2.24, 2.45) is 23.2 Å². The minimum absolute atomic E-state index is 0.0515. The van der Waals surface area contributed by atoms with Gasteiger partial charge in [0, 0.05) is 31.7 Å². The third-order valence-electron chi connectivity index (χ3n) is 8.23. The number of carbonyl (C=O) groups excluding carboxylic acids is 2. The van der Waals surface area contributed by atoms with Crippen LogP contribution in [0, 0.1) is 23.2 Å². The quantitative estimate of drug-likeness (QED) is 0.830. The Bertz CT molecular complexity index is 961. The second kappa shape index (κ2) is 6.82. The number of aromatic amines is 1. The molecular weight excluding hydrogens is 376 g/mol. The number of imidazole rings is 1. The molecule has 6 nitrogen and oxygen atoms in total. The first-order valence-corrected chi connectivity index (χ1v) is 11.6. The monoisotopic (exact) mass is 406 g/mol. The molecule has 4 saturated carbocycles. The Hall–Kier alpha value is -2.37. The highest BCUT2D eigenvalue weighted by Crippen LogP contribution is 2.60. The molecule has 0 radical (unpaired) electrons. The molecule has 0 unspecified atom stereocenters. The molecule has 6 heteroatoms. The van der Waals surface area contributed by atoms with Gasteiger partial charge in [0.25, 0.3) is 5.91 Å². The Morgan fingerprint density at radius 1 is 0.933 bits per heavy atom. The van der Waals surface area contributed by atoms with Crippen LogP contribution in [0.4, 0.5) is 0 Å². The van der Waals surface area contributed by atoms with Gasteiger partial charge in [0.05, 0.1) is 22.8 Å². The number of rotatable bonds is 2. The van der Waals surface area contributed by atoms with Gasteiger partial charge in [-0.1, -0.05) is 0 Å². The van der Waals surface area contributed by atoms with Crippen LogP contribution in [0.1, 0.15) is 55.3 Å². The van der Waals surface area contributed by atoms with Crippen molar-refractivity contribution in [3.63, 3.8) is 0 Å². The van der Waals surface area contributed by atoms with Gasteiger partial charge < -0.3 is 14.8 Å². The lowest BCUT2D eigenvalue weighted by Gasteiger charge is -2.56. The smallest absolute Gasteiger partial charge is 0.253 e. The molecule has 1 aromatic carbocycles. The van der Waals surface area contributed by atoms with Crippen molar-refractivity contribution in [3.8, 4) is 0 Å². The first kappa shape index (κ1) is 18.4. The van der Waals surface area contributed by atoms with Crippen LogP contribution in [0.5, 0.6) is 0 Å². The van der Waals surface area contributed by atoms with Crippen LogP contribution >= 0.6 is 0 Å². The summed E-state index contributed by atoms with van der Waals surface area (Å²) in [5, 5.41) is 0. The van der Waals surface area contributed by atoms with E-state index in [4.69, 9.17) is 0 Å². The van der Waals surface area contributed by atoms with Gasteiger partial charge in [0.1, 0.15) is 0 Å². The maximum Gasteiger partial charge on any atom is 0.253 e. The largest absolute Gasteiger partial charge is 0.345 e. The number of nitrogens with zero attached hydrogens (tertiary/aromatic N) is 3. The lowest BCUT2D eigenvalue weighted by atomic mass is 9.49. The molecule has 1 saturated heterocycles. The molecule has 2 heterocycles. The Balaban J connectivity index is 1.16. The summed E-state index contributed by atoms with van der Waals surface area (Å²) in [4.78, 5) is 38.1. The fourth-order valence-corrected chi connectivity index (χ4v) is 7.28. The molecule has 30 heavy (non-hydrogen) atoms. The molecule has 1 aromatic heterocycles. The van der Waals surface area contributed by atoms with Gasteiger partial charge in [-0.2, -0.15) is 0 Å². The minimum Gasteiger partial charge on any atom is -0.345 e. The predicted molar refractivity (Wildman–Crippen MR) is 114 cm³/mol. The van der Waals surface area contributed by atoms with E-state index >= 15 is 0 Å². The summed E-state index contributed by atoms with van der Waals surface area (Å²) in [6, 6.07) is 5.63. The zero-order chi connectivity index (χ0) is 20.3. The van der Waals surface area contributed by atoms with Crippen molar-refractivity contribution < 1.29 is 9.59 Å². The predicted octanol–water partition coefficient (Wildman–Crippen LogP) is 3.45. The van der Waals surface area contributed by atoms with Gasteiger partial charge in [0.15, 0.2) is 0 Å². The number of aromatic nitrogens is 2. The van der Waals surface area contributed by atoms with Gasteiger partial charge in [-0.25, -0.2) is 4.98 Å². The summed E-state index contributed by atoms with van der Waals surface area (Å²) in [5.74, 6) is 2.79. The van der Waals surface area contributed by atoms with Crippen LogP contribution in [0.2, 0.25) is 0 Å². The lowest BCUT2D eigenvalue weighted by molar-refractivity contribution is -0.157. The van der Waals surface area contributed by atoms with Gasteiger partial charge in [-0.3, -0.25) is 9.59 Å². The van der Waals surface area contributed by atoms with Crippen molar-refractivity contribution in [1.82, 2.24) is 19.8 Å². The average molecular weight is 407 g/mol. The average Bonchev–Trinajstić information content (AvgIpc) is 3.07. The second-order valence-corrected chi connectivity index (χ2v) is 10.3. The maximum absolute atomic E-state index is 13.7. The first-order chi connectivity index (χ1) is 14.6. The summed E-state index contributed by atoms with van der Waals surface area (Å²) in [7, 11) is 0. The zero-order valence-electron chi connectivity index (χ0n) is 17.5. The van der Waals surface area contributed by atoms with Gasteiger partial charge in [0.2, 0.25) is 5.91 Å². The normalized spacial score (nSPS) is 33.1. The number of hydrogen-bond donors (Lipinski definition) is 1. The SMILES string of the molecule is O=C(c1ccc2nc[nH]c2c1)N1CCCN(C(=O)C23CC4CC(CC(C4)C2)C3)CC1. The van der Waals surface area contributed by atoms with E-state index < -0.39 is 0 Å². The molecule has 1 N–H and O–H groups in total. The highest BCUT2D eigenvalue weighted by molar-refractivity contribution is 5.97. The molecule has 5 fully saturated rings. The summed E-state index contributed by atoms with van der Waals surface area (Å²) in [6.07, 6.45) is 9.92. The lowest BCUT2D eigenvalue weighted by Crippen LogP contribution is -2.55. The standard InChI is InChI=1S/C24H30N4O2/c29-22(19-2-3-20-21(11-19)26-15-25-20)27-4-1-5-28(7-6-27)23(30)24-12-16-8-17(13-24)10-18(9-16)14-24/h2-3,11,15-18H,1,4-10,12-14H2,(H,25,26). The van der Waals surface area contributed by atoms with E-state index in [1.807, 2.05) is 23.1 Å². The Morgan fingerprint density at radius 2 is 1.60 bits per heavy atom. The van der Waals surface area contributed by atoms with Gasteiger partial charge >= 0.3 is 0 Å². The topological polar surface area (TPSA) is 69.3 Å². The third-order valence-corrected chi connectivity index (χ3v) is 8.23. The van der Waals surface area contributed by atoms with Crippen LogP contribution < -0.4 is 0 Å². The fourth-order valence-electron chi connectivity index (χ4n) is 7.28. The van der Waals surface area contributed by atoms with Crippen LogP contribution in [-0.2, 0) is 4.79 Å². The third kappa shape index (κ3) is 2.95. The van der Waals surface area contributed by atoms with E-state index in [9.17, 15) is 9.59 Å². The molecule has 158 valence electrons. The number of nitrogens with one attached hydrogen (secondary N) is 1. The highest BCUT2D eigenvalue weighted by atomic mass is 16.2. The number of carbonyl (C=O) groups is 2. The Morgan fingerprint density at radius 3 is 2.33 bits per heavy atom. The number of H-pyrrole nitrogens is 1. The van der Waals surface area contributed by atoms with Crippen molar-refractivity contribution in [2.75, 3.05) is 26.2 Å². The summed E-state index contributed by atoms with van der Waals surface area (Å²) in [6.45, 7) is 2.78. The van der Waals surface area contributed by atoms with E-state index in [0.717, 1.165) is 61.0 Å². The molecule has 0 spiro atoms. The number of amides is 2. The molecule has 1 aliphatic heterocycles. The highest BCUT2D eigenvalue weighted by Gasteiger charge is 2.55. The van der Waals surface area contributed by atoms with Crippen LogP contribution in [0.3, 0.4) is 0 Å². The zero-order valence-corrected chi connectivity index (χ0v) is 17.5. The van der Waals surface area contributed by atoms with E-state index in [2.05, 4.69) is 14.9 Å². The fraction of sp³-hybridized carbons (Fsp3) is 0.625. The first-order valence-electron chi connectivity index (χ1n) is 11.6.